The smallest absolute Gasteiger partial charge is 0.261 e. The van der Waals surface area contributed by atoms with Crippen molar-refractivity contribution in [1.29, 1.82) is 0 Å². The van der Waals surface area contributed by atoms with Crippen molar-refractivity contribution in [2.75, 3.05) is 6.61 Å². The number of ether oxygens (including phenoxy) is 2. The molecule has 5 aromatic rings. The second kappa shape index (κ2) is 15.4. The van der Waals surface area contributed by atoms with Gasteiger partial charge in [-0.3, -0.25) is 0 Å². The van der Waals surface area contributed by atoms with Crippen LogP contribution in [0.5, 0.6) is 0 Å². The Hall–Kier alpha value is -3.12. The van der Waals surface area contributed by atoms with Crippen molar-refractivity contribution < 1.29 is 19.0 Å². The van der Waals surface area contributed by atoms with E-state index in [1.54, 1.807) is 6.33 Å². The van der Waals surface area contributed by atoms with E-state index in [0.717, 1.165) is 30.9 Å². The molecule has 0 saturated carbocycles. The van der Waals surface area contributed by atoms with Crippen LogP contribution in [0.4, 0.5) is 0 Å². The van der Waals surface area contributed by atoms with Crippen molar-refractivity contribution in [3.8, 4) is 0 Å². The summed E-state index contributed by atoms with van der Waals surface area (Å²) in [5, 5.41) is 14.2. The first-order valence-electron chi connectivity index (χ1n) is 15.2. The molecule has 0 amide bonds. The summed E-state index contributed by atoms with van der Waals surface area (Å²) in [6, 6.07) is 40.9. The number of aliphatic hydroxyl groups is 1. The third kappa shape index (κ3) is 8.00. The highest BCUT2D eigenvalue weighted by molar-refractivity contribution is 14.1. The van der Waals surface area contributed by atoms with E-state index in [1.165, 1.54) is 0 Å². The molecule has 4 aromatic carbocycles. The zero-order valence-corrected chi connectivity index (χ0v) is 29.1. The first-order chi connectivity index (χ1) is 21.8. The van der Waals surface area contributed by atoms with Crippen molar-refractivity contribution in [3.63, 3.8) is 0 Å². The van der Waals surface area contributed by atoms with Crippen LogP contribution in [-0.4, -0.2) is 42.2 Å². The Kier molecular flexibility index (Phi) is 11.4. The quantitative estimate of drug-likeness (QED) is 0.0972. The molecule has 1 aromatic heterocycles. The molecular formula is C37H41IN2O4Si. The van der Waals surface area contributed by atoms with E-state index >= 15 is 0 Å². The number of rotatable bonds is 14. The zero-order valence-electron chi connectivity index (χ0n) is 26.0. The Labute approximate surface area is 281 Å². The maximum Gasteiger partial charge on any atom is 0.261 e. The van der Waals surface area contributed by atoms with Gasteiger partial charge in [0.1, 0.15) is 22.0 Å². The Morgan fingerprint density at radius 3 is 1.64 bits per heavy atom. The van der Waals surface area contributed by atoms with E-state index in [2.05, 4.69) is 102 Å². The number of nitrogens with zero attached hydrogens (tertiary/aromatic N) is 1. The fraction of sp³-hybridized carbons (Fsp3) is 0.270. The van der Waals surface area contributed by atoms with Crippen LogP contribution in [-0.2, 0) is 27.1 Å². The number of halogens is 1. The van der Waals surface area contributed by atoms with Crippen LogP contribution in [0.15, 0.2) is 128 Å². The monoisotopic (exact) mass is 732 g/mol. The fourth-order valence-corrected chi connectivity index (χ4v) is 11.0. The minimum atomic E-state index is -2.91. The Bertz CT molecular complexity index is 1540. The first-order valence-corrected chi connectivity index (χ1v) is 18.2. The van der Waals surface area contributed by atoms with Gasteiger partial charge >= 0.3 is 0 Å². The van der Waals surface area contributed by atoms with E-state index in [9.17, 15) is 5.11 Å². The molecule has 0 bridgehead atoms. The van der Waals surface area contributed by atoms with Gasteiger partial charge in [0.25, 0.3) is 8.32 Å². The minimum absolute atomic E-state index is 0.0582. The van der Waals surface area contributed by atoms with E-state index in [4.69, 9.17) is 13.9 Å². The molecule has 0 aliphatic rings. The summed E-state index contributed by atoms with van der Waals surface area (Å²) in [4.78, 5) is 7.70. The van der Waals surface area contributed by atoms with Gasteiger partial charge in [0.2, 0.25) is 0 Å². The Balaban J connectivity index is 1.51. The number of aliphatic hydroxyl groups excluding tert-OH is 1. The van der Waals surface area contributed by atoms with Gasteiger partial charge in [0, 0.05) is 0 Å². The summed E-state index contributed by atoms with van der Waals surface area (Å²) in [5.41, 5.74) is 2.79. The maximum atomic E-state index is 12.1. The molecule has 0 saturated heterocycles. The van der Waals surface area contributed by atoms with Crippen LogP contribution < -0.4 is 10.4 Å². The number of hydrogen-bond donors (Lipinski definition) is 2. The fourth-order valence-electron chi connectivity index (χ4n) is 5.82. The van der Waals surface area contributed by atoms with Crippen LogP contribution in [0.2, 0.25) is 5.04 Å². The highest BCUT2D eigenvalue weighted by Crippen LogP contribution is 2.37. The minimum Gasteiger partial charge on any atom is -0.405 e. The predicted molar refractivity (Wildman–Crippen MR) is 190 cm³/mol. The van der Waals surface area contributed by atoms with Crippen LogP contribution in [0, 0.1) is 3.70 Å². The second-order valence-electron chi connectivity index (χ2n) is 12.1. The van der Waals surface area contributed by atoms with Crippen LogP contribution in [0.3, 0.4) is 0 Å². The van der Waals surface area contributed by atoms with Gasteiger partial charge < -0.3 is 24.0 Å². The average Bonchev–Trinajstić information content (AvgIpc) is 3.49. The lowest BCUT2D eigenvalue weighted by atomic mass is 10.1. The van der Waals surface area contributed by atoms with Crippen molar-refractivity contribution in [2.45, 2.75) is 57.3 Å². The molecule has 8 heteroatoms. The van der Waals surface area contributed by atoms with Gasteiger partial charge in [0.05, 0.1) is 31.8 Å². The summed E-state index contributed by atoms with van der Waals surface area (Å²) in [7, 11) is -2.91. The van der Waals surface area contributed by atoms with Gasteiger partial charge in [-0.2, -0.15) is 0 Å². The molecule has 1 heterocycles. The molecule has 0 aliphatic heterocycles. The number of aromatic nitrogens is 2. The highest BCUT2D eigenvalue weighted by atomic mass is 127. The SMILES string of the molecule is CC(C)(C)[Si](OC[C@@H](O)[C@H](OCc1ccccc1)[C@@H](OCc1ccccc1)c1[nH]cnc1I)(c1ccccc1)c1ccccc1. The highest BCUT2D eigenvalue weighted by Gasteiger charge is 2.51. The number of hydrogen-bond acceptors (Lipinski definition) is 5. The first kappa shape index (κ1) is 33.2. The second-order valence-corrected chi connectivity index (χ2v) is 17.5. The molecule has 0 unspecified atom stereocenters. The Morgan fingerprint density at radius 2 is 1.20 bits per heavy atom. The molecule has 6 nitrogen and oxygen atoms in total. The molecule has 3 atom stereocenters. The molecule has 5 rings (SSSR count). The summed E-state index contributed by atoms with van der Waals surface area (Å²) in [6.45, 7) is 7.39. The molecule has 45 heavy (non-hydrogen) atoms. The average molecular weight is 733 g/mol. The normalized spacial score (nSPS) is 14.2. The number of benzene rings is 4. The van der Waals surface area contributed by atoms with Crippen molar-refractivity contribution in [3.05, 3.63) is 148 Å². The summed E-state index contributed by atoms with van der Waals surface area (Å²) >= 11 is 2.20. The number of nitrogens with one attached hydrogen (secondary N) is 1. The predicted octanol–water partition coefficient (Wildman–Crippen LogP) is 6.80. The van der Waals surface area contributed by atoms with E-state index < -0.39 is 26.6 Å². The third-order valence-corrected chi connectivity index (χ3v) is 13.9. The summed E-state index contributed by atoms with van der Waals surface area (Å²) in [6.07, 6.45) is -0.771. The van der Waals surface area contributed by atoms with E-state index in [-0.39, 0.29) is 11.6 Å². The lowest BCUT2D eigenvalue weighted by molar-refractivity contribution is -0.143. The van der Waals surface area contributed by atoms with E-state index in [1.807, 2.05) is 72.8 Å². The lowest BCUT2D eigenvalue weighted by Crippen LogP contribution is -2.67. The van der Waals surface area contributed by atoms with Gasteiger partial charge in [-0.15, -0.1) is 0 Å². The molecular weight excluding hydrogens is 691 g/mol. The van der Waals surface area contributed by atoms with Gasteiger partial charge in [-0.1, -0.05) is 142 Å². The third-order valence-electron chi connectivity index (χ3n) is 8.03. The molecule has 0 fully saturated rings. The topological polar surface area (TPSA) is 76.6 Å². The Morgan fingerprint density at radius 1 is 0.733 bits per heavy atom. The van der Waals surface area contributed by atoms with Crippen molar-refractivity contribution >= 4 is 41.3 Å². The van der Waals surface area contributed by atoms with Crippen molar-refractivity contribution in [1.82, 2.24) is 9.97 Å². The van der Waals surface area contributed by atoms with E-state index in [0.29, 0.717) is 13.2 Å². The molecule has 2 N–H and O–H groups in total. The summed E-state index contributed by atoms with van der Waals surface area (Å²) < 4.78 is 21.1. The maximum absolute atomic E-state index is 12.1. The molecule has 0 spiro atoms. The van der Waals surface area contributed by atoms with Gasteiger partial charge in [-0.25, -0.2) is 4.98 Å². The molecule has 0 radical (unpaired) electrons. The van der Waals surface area contributed by atoms with Gasteiger partial charge in [-0.05, 0) is 49.1 Å². The van der Waals surface area contributed by atoms with Crippen LogP contribution in [0.1, 0.15) is 43.7 Å². The van der Waals surface area contributed by atoms with Crippen molar-refractivity contribution in [2.24, 2.45) is 0 Å². The largest absolute Gasteiger partial charge is 0.405 e. The number of imidazole rings is 1. The molecule has 234 valence electrons. The number of H-pyrrole nitrogens is 1. The zero-order chi connectivity index (χ0) is 31.7. The summed E-state index contributed by atoms with van der Waals surface area (Å²) in [5.74, 6) is 0. The number of aromatic amines is 1. The van der Waals surface area contributed by atoms with Gasteiger partial charge in [0.15, 0.2) is 0 Å². The molecule has 0 aliphatic carbocycles. The standard InChI is InChI=1S/C37H41IN2O4Si/c1-37(2,3)45(30-20-12-6-13-21-30,31-22-14-7-15-23-31)44-26-32(41)34(42-24-28-16-8-4-9-17-28)35(33-36(38)40-27-39-33)43-25-29-18-10-5-11-19-29/h4-23,27,32,34-35,41H,24-26H2,1-3H3,(H,39,40)/t32-,34+,35+/m1/s1. The lowest BCUT2D eigenvalue weighted by Gasteiger charge is -2.44. The van der Waals surface area contributed by atoms with Crippen LogP contribution in [0.25, 0.3) is 0 Å². The van der Waals surface area contributed by atoms with Crippen LogP contribution >= 0.6 is 22.6 Å².